The molecule has 16 heavy (non-hydrogen) atoms. The second kappa shape index (κ2) is 4.36. The summed E-state index contributed by atoms with van der Waals surface area (Å²) in [7, 11) is 0. The first kappa shape index (κ1) is 11.9. The number of carbonyl (C=O) groups is 1. The number of nitrogens with one attached hydrogen (secondary N) is 1. The second-order valence-electron chi connectivity index (χ2n) is 6.23. The summed E-state index contributed by atoms with van der Waals surface area (Å²) in [6.07, 6.45) is 4.54. The minimum atomic E-state index is 0.0812. The van der Waals surface area contributed by atoms with Crippen molar-refractivity contribution < 1.29 is 4.79 Å². The average molecular weight is 224 g/mol. The van der Waals surface area contributed by atoms with E-state index in [0.717, 1.165) is 25.9 Å². The van der Waals surface area contributed by atoms with Gasteiger partial charge in [0.05, 0.1) is 6.04 Å². The van der Waals surface area contributed by atoms with Gasteiger partial charge < -0.3 is 10.2 Å². The van der Waals surface area contributed by atoms with E-state index in [9.17, 15) is 4.79 Å². The Morgan fingerprint density at radius 3 is 2.69 bits per heavy atom. The molecular weight excluding hydrogens is 200 g/mol. The van der Waals surface area contributed by atoms with Crippen LogP contribution in [-0.4, -0.2) is 36.0 Å². The van der Waals surface area contributed by atoms with Crippen LogP contribution >= 0.6 is 0 Å². The zero-order valence-electron chi connectivity index (χ0n) is 10.8. The van der Waals surface area contributed by atoms with E-state index < -0.39 is 0 Å². The van der Waals surface area contributed by atoms with Crippen LogP contribution in [0.5, 0.6) is 0 Å². The monoisotopic (exact) mass is 224 g/mol. The zero-order valence-corrected chi connectivity index (χ0v) is 10.8. The summed E-state index contributed by atoms with van der Waals surface area (Å²) in [6, 6.07) is 0.580. The van der Waals surface area contributed by atoms with Crippen LogP contribution in [0.25, 0.3) is 0 Å². The third-order valence-electron chi connectivity index (χ3n) is 3.90. The molecule has 2 saturated heterocycles. The molecule has 2 rings (SSSR count). The van der Waals surface area contributed by atoms with Gasteiger partial charge in [-0.15, -0.1) is 0 Å². The molecule has 3 heteroatoms. The summed E-state index contributed by atoms with van der Waals surface area (Å²) in [5.41, 5.74) is 0.315. The topological polar surface area (TPSA) is 32.3 Å². The Balaban J connectivity index is 1.92. The predicted octanol–water partition coefficient (Wildman–Crippen LogP) is 1.78. The standard InChI is InChI=1S/C13H24N2O/c1-10-5-4-6-11(14-10)12(16)15-8-7-13(2,3)9-15/h10-11,14H,4-9H2,1-3H3. The van der Waals surface area contributed by atoms with E-state index in [1.165, 1.54) is 12.8 Å². The Morgan fingerprint density at radius 2 is 2.12 bits per heavy atom. The minimum absolute atomic E-state index is 0.0812. The SMILES string of the molecule is CC1CCCC(C(=O)N2CCC(C)(C)C2)N1. The van der Waals surface area contributed by atoms with Crippen molar-refractivity contribution in [3.63, 3.8) is 0 Å². The van der Waals surface area contributed by atoms with Crippen molar-refractivity contribution in [3.8, 4) is 0 Å². The molecule has 2 aliphatic rings. The van der Waals surface area contributed by atoms with Gasteiger partial charge in [0.25, 0.3) is 0 Å². The van der Waals surface area contributed by atoms with Crippen LogP contribution in [0, 0.1) is 5.41 Å². The van der Waals surface area contributed by atoms with Crippen molar-refractivity contribution in [1.29, 1.82) is 0 Å². The number of nitrogens with zero attached hydrogens (tertiary/aromatic N) is 1. The number of hydrogen-bond donors (Lipinski definition) is 1. The van der Waals surface area contributed by atoms with E-state index in [1.54, 1.807) is 0 Å². The molecule has 0 radical (unpaired) electrons. The molecule has 2 atom stereocenters. The second-order valence-corrected chi connectivity index (χ2v) is 6.23. The van der Waals surface area contributed by atoms with E-state index in [4.69, 9.17) is 0 Å². The summed E-state index contributed by atoms with van der Waals surface area (Å²) < 4.78 is 0. The van der Waals surface area contributed by atoms with Gasteiger partial charge in [-0.25, -0.2) is 0 Å². The van der Waals surface area contributed by atoms with Crippen molar-refractivity contribution >= 4 is 5.91 Å². The molecule has 2 heterocycles. The fourth-order valence-electron chi connectivity index (χ4n) is 2.85. The fourth-order valence-corrected chi connectivity index (χ4v) is 2.85. The fraction of sp³-hybridized carbons (Fsp3) is 0.923. The molecule has 2 fully saturated rings. The van der Waals surface area contributed by atoms with Gasteiger partial charge >= 0.3 is 0 Å². The molecule has 0 saturated carbocycles. The number of hydrogen-bond acceptors (Lipinski definition) is 2. The van der Waals surface area contributed by atoms with Gasteiger partial charge in [-0.1, -0.05) is 13.8 Å². The lowest BCUT2D eigenvalue weighted by Gasteiger charge is -2.31. The highest BCUT2D eigenvalue weighted by molar-refractivity contribution is 5.82. The molecule has 0 aromatic rings. The van der Waals surface area contributed by atoms with E-state index in [0.29, 0.717) is 17.4 Å². The quantitative estimate of drug-likeness (QED) is 0.736. The first-order chi connectivity index (χ1) is 7.48. The van der Waals surface area contributed by atoms with Gasteiger partial charge in [-0.2, -0.15) is 0 Å². The van der Waals surface area contributed by atoms with Gasteiger partial charge in [-0.05, 0) is 38.0 Å². The van der Waals surface area contributed by atoms with Crippen LogP contribution in [0.1, 0.15) is 46.5 Å². The Hall–Kier alpha value is -0.570. The number of rotatable bonds is 1. The van der Waals surface area contributed by atoms with Crippen LogP contribution in [0.4, 0.5) is 0 Å². The van der Waals surface area contributed by atoms with E-state index >= 15 is 0 Å². The average Bonchev–Trinajstić information content (AvgIpc) is 2.58. The molecule has 2 unspecified atom stereocenters. The molecule has 0 aliphatic carbocycles. The van der Waals surface area contributed by atoms with Gasteiger partial charge in [0.2, 0.25) is 5.91 Å². The first-order valence-corrected chi connectivity index (χ1v) is 6.53. The van der Waals surface area contributed by atoms with Crippen LogP contribution < -0.4 is 5.32 Å². The molecule has 0 aromatic carbocycles. The molecule has 92 valence electrons. The summed E-state index contributed by atoms with van der Waals surface area (Å²) in [5, 5.41) is 3.43. The first-order valence-electron chi connectivity index (χ1n) is 6.53. The molecule has 0 spiro atoms. The summed E-state index contributed by atoms with van der Waals surface area (Å²) >= 11 is 0. The maximum Gasteiger partial charge on any atom is 0.239 e. The number of piperidine rings is 1. The van der Waals surface area contributed by atoms with Gasteiger partial charge in [0, 0.05) is 19.1 Å². The lowest BCUT2D eigenvalue weighted by Crippen LogP contribution is -2.51. The molecule has 1 N–H and O–H groups in total. The highest BCUT2D eigenvalue weighted by atomic mass is 16.2. The third-order valence-corrected chi connectivity index (χ3v) is 3.90. The lowest BCUT2D eigenvalue weighted by atomic mass is 9.93. The highest BCUT2D eigenvalue weighted by Gasteiger charge is 2.35. The van der Waals surface area contributed by atoms with Crippen LogP contribution in [-0.2, 0) is 4.79 Å². The summed E-state index contributed by atoms with van der Waals surface area (Å²) in [6.45, 7) is 8.54. The maximum absolute atomic E-state index is 12.3. The molecule has 1 amide bonds. The number of carbonyl (C=O) groups excluding carboxylic acids is 1. The van der Waals surface area contributed by atoms with Crippen molar-refractivity contribution in [3.05, 3.63) is 0 Å². The van der Waals surface area contributed by atoms with Crippen molar-refractivity contribution in [1.82, 2.24) is 10.2 Å². The molecular formula is C13H24N2O. The Labute approximate surface area is 98.6 Å². The minimum Gasteiger partial charge on any atom is -0.341 e. The van der Waals surface area contributed by atoms with E-state index in [2.05, 4.69) is 31.0 Å². The van der Waals surface area contributed by atoms with Crippen molar-refractivity contribution in [2.45, 2.75) is 58.5 Å². The highest BCUT2D eigenvalue weighted by Crippen LogP contribution is 2.29. The smallest absolute Gasteiger partial charge is 0.239 e. The van der Waals surface area contributed by atoms with Gasteiger partial charge in [-0.3, -0.25) is 4.79 Å². The van der Waals surface area contributed by atoms with Gasteiger partial charge in [0.1, 0.15) is 0 Å². The van der Waals surface area contributed by atoms with Crippen LogP contribution in [0.2, 0.25) is 0 Å². The Kier molecular flexibility index (Phi) is 3.24. The van der Waals surface area contributed by atoms with Crippen LogP contribution in [0.15, 0.2) is 0 Å². The maximum atomic E-state index is 12.3. The zero-order chi connectivity index (χ0) is 11.8. The normalized spacial score (nSPS) is 34.1. The molecule has 0 aromatic heterocycles. The van der Waals surface area contributed by atoms with Crippen LogP contribution in [0.3, 0.4) is 0 Å². The molecule has 3 nitrogen and oxygen atoms in total. The molecule has 0 bridgehead atoms. The number of likely N-dealkylation sites (tertiary alicyclic amines) is 1. The summed E-state index contributed by atoms with van der Waals surface area (Å²) in [4.78, 5) is 14.3. The largest absolute Gasteiger partial charge is 0.341 e. The van der Waals surface area contributed by atoms with Crippen molar-refractivity contribution in [2.24, 2.45) is 5.41 Å². The van der Waals surface area contributed by atoms with E-state index in [-0.39, 0.29) is 6.04 Å². The Morgan fingerprint density at radius 1 is 1.38 bits per heavy atom. The van der Waals surface area contributed by atoms with Gasteiger partial charge in [0.15, 0.2) is 0 Å². The Bertz CT molecular complexity index is 271. The lowest BCUT2D eigenvalue weighted by molar-refractivity contribution is -0.133. The predicted molar refractivity (Wildman–Crippen MR) is 65.2 cm³/mol. The molecule has 2 aliphatic heterocycles. The number of amides is 1. The third kappa shape index (κ3) is 2.57. The van der Waals surface area contributed by atoms with E-state index in [1.807, 2.05) is 0 Å². The summed E-state index contributed by atoms with van der Waals surface area (Å²) in [5.74, 6) is 0.331. The van der Waals surface area contributed by atoms with Crippen molar-refractivity contribution in [2.75, 3.05) is 13.1 Å².